The zero-order valence-electron chi connectivity index (χ0n) is 18.2. The van der Waals surface area contributed by atoms with Gasteiger partial charge in [0.05, 0.1) is 22.7 Å². The SMILES string of the molecule is [C-]#[N+]c1cnc2[nH]ccc2c1N(C)C1C[C@@H]2CN(S(=O)(=O)c3cccc(C(F)(F)F)c3)C[C@@H]2C1.[HH].[HH].[HH].[HH].[HH].[HH].[HH].[HH].[HH].[HH].[HH].[HH]. The van der Waals surface area contributed by atoms with E-state index in [1.165, 1.54) is 10.4 Å². The highest BCUT2D eigenvalue weighted by molar-refractivity contribution is 7.89. The van der Waals surface area contributed by atoms with E-state index in [0.717, 1.165) is 36.0 Å². The summed E-state index contributed by atoms with van der Waals surface area (Å²) >= 11 is 0. The van der Waals surface area contributed by atoms with E-state index in [1.54, 1.807) is 12.4 Å². The highest BCUT2D eigenvalue weighted by Gasteiger charge is 2.46. The zero-order chi connectivity index (χ0) is 24.3. The third kappa shape index (κ3) is 3.71. The van der Waals surface area contributed by atoms with Gasteiger partial charge in [0.25, 0.3) is 0 Å². The first-order chi connectivity index (χ1) is 16.1. The van der Waals surface area contributed by atoms with Gasteiger partial charge in [-0.15, -0.1) is 0 Å². The van der Waals surface area contributed by atoms with Crippen molar-refractivity contribution < 1.29 is 38.7 Å². The monoisotopic (exact) mass is 513 g/mol. The van der Waals surface area contributed by atoms with Gasteiger partial charge in [-0.3, -0.25) is 4.98 Å². The number of sulfonamides is 1. The van der Waals surface area contributed by atoms with Crippen molar-refractivity contribution in [3.05, 3.63) is 59.7 Å². The lowest BCUT2D eigenvalue weighted by molar-refractivity contribution is -0.137. The van der Waals surface area contributed by atoms with Gasteiger partial charge in [0.1, 0.15) is 5.65 Å². The largest absolute Gasteiger partial charge is 0.416 e. The molecule has 34 heavy (non-hydrogen) atoms. The number of aromatic nitrogens is 2. The molecule has 1 aromatic carbocycles. The van der Waals surface area contributed by atoms with Crippen LogP contribution in [0.1, 0.15) is 35.5 Å². The van der Waals surface area contributed by atoms with Crippen molar-refractivity contribution in [2.75, 3.05) is 25.0 Å². The van der Waals surface area contributed by atoms with Gasteiger partial charge < -0.3 is 9.88 Å². The van der Waals surface area contributed by atoms with Gasteiger partial charge in [-0.2, -0.15) is 17.5 Å². The average molecular weight is 514 g/mol. The van der Waals surface area contributed by atoms with E-state index < -0.39 is 21.8 Å². The highest BCUT2D eigenvalue weighted by atomic mass is 32.2. The number of hydrogen-bond acceptors (Lipinski definition) is 4. The number of H-pyrrole nitrogens is 1. The molecule has 2 aromatic heterocycles. The molecule has 0 radical (unpaired) electrons. The first-order valence-corrected chi connectivity index (χ1v) is 12.3. The van der Waals surface area contributed by atoms with Gasteiger partial charge in [-0.25, -0.2) is 13.3 Å². The van der Waals surface area contributed by atoms with E-state index >= 15 is 0 Å². The molecule has 1 saturated carbocycles. The fraction of sp³-hybridized carbons (Fsp3) is 0.391. The van der Waals surface area contributed by atoms with Gasteiger partial charge in [0.15, 0.2) is 0 Å². The van der Waals surface area contributed by atoms with Crippen LogP contribution in [0.25, 0.3) is 15.9 Å². The van der Waals surface area contributed by atoms with E-state index in [9.17, 15) is 21.6 Å². The quantitative estimate of drug-likeness (QED) is 0.364. The normalized spacial score (nSPS) is 23.2. The zero-order valence-corrected chi connectivity index (χ0v) is 19.1. The molecule has 7 nitrogen and oxygen atoms in total. The van der Waals surface area contributed by atoms with Crippen molar-refractivity contribution in [1.29, 1.82) is 0 Å². The number of alkyl halides is 3. The number of fused-ring (bicyclic) bond motifs is 2. The molecule has 3 aromatic rings. The lowest BCUT2D eigenvalue weighted by Crippen LogP contribution is -2.34. The molecule has 1 aliphatic carbocycles. The Kier molecular flexibility index (Phi) is 5.33. The van der Waals surface area contributed by atoms with E-state index in [-0.39, 0.29) is 53.0 Å². The Hall–Kier alpha value is -3.10. The Labute approximate surface area is 212 Å². The van der Waals surface area contributed by atoms with E-state index in [4.69, 9.17) is 6.57 Å². The minimum atomic E-state index is -4.60. The van der Waals surface area contributed by atoms with Gasteiger partial charge in [-0.05, 0) is 48.9 Å². The maximum atomic E-state index is 13.1. The molecular formula is C23H46F3N5O2S. The van der Waals surface area contributed by atoms with Crippen molar-refractivity contribution in [3.8, 4) is 0 Å². The number of pyridine rings is 1. The number of benzene rings is 1. The Morgan fingerprint density at radius 2 is 1.94 bits per heavy atom. The van der Waals surface area contributed by atoms with Crippen LogP contribution in [-0.4, -0.2) is 48.9 Å². The van der Waals surface area contributed by atoms with Crippen LogP contribution in [0.2, 0.25) is 0 Å². The van der Waals surface area contributed by atoms with Crippen molar-refractivity contribution in [3.63, 3.8) is 0 Å². The molecule has 1 N–H and O–H groups in total. The summed E-state index contributed by atoms with van der Waals surface area (Å²) in [6, 6.07) is 5.93. The van der Waals surface area contributed by atoms with Crippen LogP contribution in [0.5, 0.6) is 0 Å². The van der Waals surface area contributed by atoms with Gasteiger partial charge >= 0.3 is 6.18 Å². The predicted octanol–water partition coefficient (Wildman–Crippen LogP) is 7.62. The molecule has 202 valence electrons. The summed E-state index contributed by atoms with van der Waals surface area (Å²) in [5.41, 5.74) is 0.990. The predicted molar refractivity (Wildman–Crippen MR) is 146 cm³/mol. The minimum absolute atomic E-state index is 0. The number of hydrogen-bond donors (Lipinski definition) is 1. The molecule has 3 atom stereocenters. The van der Waals surface area contributed by atoms with Gasteiger partial charge in [0, 0.05) is 61.1 Å². The van der Waals surface area contributed by atoms with Crippen LogP contribution in [-0.2, 0) is 16.2 Å². The van der Waals surface area contributed by atoms with Crippen molar-refractivity contribution in [2.45, 2.75) is 30.0 Å². The second kappa shape index (κ2) is 7.99. The molecule has 1 aliphatic heterocycles. The molecule has 1 unspecified atom stereocenters. The summed E-state index contributed by atoms with van der Waals surface area (Å²) < 4.78 is 66.7. The summed E-state index contributed by atoms with van der Waals surface area (Å²) in [4.78, 5) is 12.7. The smallest absolute Gasteiger partial charge is 0.380 e. The van der Waals surface area contributed by atoms with Crippen molar-refractivity contribution in [1.82, 2.24) is 14.3 Å². The minimum Gasteiger partial charge on any atom is -0.380 e. The maximum Gasteiger partial charge on any atom is 0.416 e. The molecule has 1 saturated heterocycles. The van der Waals surface area contributed by atoms with Crippen LogP contribution in [0.4, 0.5) is 24.5 Å². The second-order valence-electron chi connectivity index (χ2n) is 8.95. The molecule has 5 rings (SSSR count). The standard InChI is InChI=1S/C23H22F3N5O2S.12H2/c1-27-20-11-29-22-19(6-7-28-22)21(20)30(2)17-8-14-12-31(13-15(14)9-17)34(32,33)18-5-3-4-16(10-18)23(24,25)26;;;;;;;;;;;;/h3-7,10-11,14-15,17H,8-9,12-13H2,2H3,(H,28,29);12*1H/t14-,15+,17?;;;;;;;;;;;;. The Bertz CT molecular complexity index is 1420. The number of aromatic amines is 1. The Morgan fingerprint density at radius 3 is 2.59 bits per heavy atom. The first-order valence-electron chi connectivity index (χ1n) is 10.8. The average Bonchev–Trinajstić information content (AvgIpc) is 3.52. The number of anilines is 1. The summed E-state index contributed by atoms with van der Waals surface area (Å²) in [7, 11) is -2.07. The van der Waals surface area contributed by atoms with Crippen molar-refractivity contribution >= 4 is 32.4 Å². The summed E-state index contributed by atoms with van der Waals surface area (Å²) in [5, 5.41) is 0.863. The summed E-state index contributed by atoms with van der Waals surface area (Å²) in [6.07, 6.45) is 0.204. The molecule has 0 bridgehead atoms. The fourth-order valence-electron chi connectivity index (χ4n) is 5.34. The van der Waals surface area contributed by atoms with E-state index in [0.29, 0.717) is 17.4 Å². The third-order valence-corrected chi connectivity index (χ3v) is 8.88. The number of halogens is 3. The molecule has 0 spiro atoms. The summed E-state index contributed by atoms with van der Waals surface area (Å²) in [5.74, 6) is 0.209. The molecule has 2 fully saturated rings. The van der Waals surface area contributed by atoms with Crippen molar-refractivity contribution in [2.24, 2.45) is 11.8 Å². The fourth-order valence-corrected chi connectivity index (χ4v) is 6.94. The Balaban J connectivity index is -0.000000201. The van der Waals surface area contributed by atoms with Gasteiger partial charge in [0.2, 0.25) is 15.7 Å². The van der Waals surface area contributed by atoms with Crippen LogP contribution in [0, 0.1) is 18.4 Å². The topological polar surface area (TPSA) is 73.7 Å². The number of rotatable bonds is 4. The maximum absolute atomic E-state index is 13.1. The van der Waals surface area contributed by atoms with Gasteiger partial charge in [-0.1, -0.05) is 6.07 Å². The molecule has 11 heteroatoms. The van der Waals surface area contributed by atoms with E-state index in [2.05, 4.69) is 19.7 Å². The number of nitrogens with one attached hydrogen (secondary N) is 1. The lowest BCUT2D eigenvalue weighted by atomic mass is 10.0. The highest BCUT2D eigenvalue weighted by Crippen LogP contribution is 2.45. The lowest BCUT2D eigenvalue weighted by Gasteiger charge is -2.30. The molecule has 2 aliphatic rings. The van der Waals surface area contributed by atoms with Crippen LogP contribution in [0.3, 0.4) is 0 Å². The van der Waals surface area contributed by atoms with Crippen LogP contribution in [0.15, 0.2) is 47.6 Å². The summed E-state index contributed by atoms with van der Waals surface area (Å²) in [6.45, 7) is 8.09. The van der Waals surface area contributed by atoms with Crippen LogP contribution < -0.4 is 4.90 Å². The molecule has 3 heterocycles. The van der Waals surface area contributed by atoms with E-state index in [1.807, 2.05) is 13.1 Å². The molecule has 0 amide bonds. The molecular weight excluding hydrogens is 467 g/mol. The first kappa shape index (κ1) is 22.7. The second-order valence-corrected chi connectivity index (χ2v) is 10.9. The third-order valence-electron chi connectivity index (χ3n) is 7.05. The Morgan fingerprint density at radius 1 is 1.24 bits per heavy atom. The van der Waals surface area contributed by atoms with Crippen LogP contribution >= 0.6 is 0 Å². The number of nitrogens with zero attached hydrogens (tertiary/aromatic N) is 4.